The zero-order valence-electron chi connectivity index (χ0n) is 16.6. The van der Waals surface area contributed by atoms with E-state index in [9.17, 15) is 4.79 Å². The van der Waals surface area contributed by atoms with Crippen molar-refractivity contribution in [2.45, 2.75) is 6.92 Å². The fraction of sp³-hybridized carbons (Fsp3) is 0.318. The molecule has 1 fully saturated rings. The molecule has 0 saturated carbocycles. The van der Waals surface area contributed by atoms with Gasteiger partial charge in [0.1, 0.15) is 0 Å². The van der Waals surface area contributed by atoms with Crippen LogP contribution in [0.3, 0.4) is 0 Å². The van der Waals surface area contributed by atoms with Crippen LogP contribution in [0.4, 0.5) is 5.69 Å². The molecule has 1 saturated heterocycles. The lowest BCUT2D eigenvalue weighted by molar-refractivity contribution is -0.114. The van der Waals surface area contributed by atoms with E-state index in [1.165, 1.54) is 0 Å². The van der Waals surface area contributed by atoms with Gasteiger partial charge in [-0.05, 0) is 36.8 Å². The molecule has 2 aromatic heterocycles. The maximum atomic E-state index is 13.2. The van der Waals surface area contributed by atoms with Crippen LogP contribution in [0, 0.1) is 0 Å². The molecule has 0 atom stereocenters. The van der Waals surface area contributed by atoms with E-state index in [2.05, 4.69) is 25.4 Å². The van der Waals surface area contributed by atoms with Crippen LogP contribution in [-0.2, 0) is 4.79 Å². The maximum absolute atomic E-state index is 13.2. The van der Waals surface area contributed by atoms with Crippen LogP contribution in [0.25, 0.3) is 16.6 Å². The minimum atomic E-state index is -0.0320. The summed E-state index contributed by atoms with van der Waals surface area (Å²) in [5.41, 5.74) is 3.24. The number of pyridine rings is 1. The molecule has 3 heterocycles. The van der Waals surface area contributed by atoms with Gasteiger partial charge < -0.3 is 10.2 Å². The molecule has 0 unspecified atom stereocenters. The van der Waals surface area contributed by atoms with Gasteiger partial charge in [-0.15, -0.1) is 0 Å². The third kappa shape index (κ3) is 4.52. The standard InChI is InChI=1S/C22H26N6O/c1-17(21-19-8-5-9-24-22(19)26-25-21)16-20(29)28(18-6-3-2-4-7-18)15-14-27-12-10-23-11-13-27/h2-9,16,23H,10-15H2,1H3,(H,24,25,26). The number of anilines is 1. The zero-order valence-corrected chi connectivity index (χ0v) is 16.6. The number of rotatable bonds is 6. The summed E-state index contributed by atoms with van der Waals surface area (Å²) in [4.78, 5) is 21.7. The van der Waals surface area contributed by atoms with E-state index in [4.69, 9.17) is 0 Å². The smallest absolute Gasteiger partial charge is 0.251 e. The summed E-state index contributed by atoms with van der Waals surface area (Å²) in [5.74, 6) is -0.0320. The molecule has 1 aliphatic rings. The van der Waals surface area contributed by atoms with Gasteiger partial charge in [0.25, 0.3) is 5.91 Å². The van der Waals surface area contributed by atoms with Crippen molar-refractivity contribution < 1.29 is 4.79 Å². The number of amides is 1. The summed E-state index contributed by atoms with van der Waals surface area (Å²) >= 11 is 0. The Bertz CT molecular complexity index is 991. The minimum Gasteiger partial charge on any atom is -0.314 e. The number of H-pyrrole nitrogens is 1. The van der Waals surface area contributed by atoms with Crippen LogP contribution in [0.1, 0.15) is 12.6 Å². The Morgan fingerprint density at radius 1 is 1.17 bits per heavy atom. The number of piperazine rings is 1. The molecule has 1 aromatic carbocycles. The zero-order chi connectivity index (χ0) is 20.1. The van der Waals surface area contributed by atoms with Crippen LogP contribution in [0.15, 0.2) is 54.7 Å². The number of carbonyl (C=O) groups is 1. The average molecular weight is 390 g/mol. The van der Waals surface area contributed by atoms with E-state index >= 15 is 0 Å². The van der Waals surface area contributed by atoms with Crippen molar-refractivity contribution >= 4 is 28.2 Å². The summed E-state index contributed by atoms with van der Waals surface area (Å²) in [6, 6.07) is 13.7. The van der Waals surface area contributed by atoms with Gasteiger partial charge in [0.2, 0.25) is 0 Å². The summed E-state index contributed by atoms with van der Waals surface area (Å²) < 4.78 is 0. The number of carbonyl (C=O) groups excluding carboxylic acids is 1. The minimum absolute atomic E-state index is 0.0320. The number of aromatic amines is 1. The van der Waals surface area contributed by atoms with Gasteiger partial charge in [-0.1, -0.05) is 18.2 Å². The lowest BCUT2D eigenvalue weighted by atomic mass is 10.1. The summed E-state index contributed by atoms with van der Waals surface area (Å²) in [5, 5.41) is 11.5. The molecule has 0 radical (unpaired) electrons. The van der Waals surface area contributed by atoms with Crippen LogP contribution >= 0.6 is 0 Å². The van der Waals surface area contributed by atoms with E-state index in [1.54, 1.807) is 12.3 Å². The Morgan fingerprint density at radius 3 is 2.76 bits per heavy atom. The molecule has 0 bridgehead atoms. The van der Waals surface area contributed by atoms with Gasteiger partial charge in [0, 0.05) is 62.6 Å². The predicted octanol–water partition coefficient (Wildman–Crippen LogP) is 2.30. The summed E-state index contributed by atoms with van der Waals surface area (Å²) in [6.07, 6.45) is 3.40. The van der Waals surface area contributed by atoms with Crippen molar-refractivity contribution in [1.29, 1.82) is 0 Å². The first-order chi connectivity index (χ1) is 14.2. The Kier molecular flexibility index (Phi) is 5.97. The number of allylic oxidation sites excluding steroid dienone is 1. The third-order valence-electron chi connectivity index (χ3n) is 5.25. The summed E-state index contributed by atoms with van der Waals surface area (Å²) in [6.45, 7) is 7.46. The summed E-state index contributed by atoms with van der Waals surface area (Å²) in [7, 11) is 0. The molecule has 7 nitrogen and oxygen atoms in total. The van der Waals surface area contributed by atoms with Gasteiger partial charge in [0.15, 0.2) is 5.65 Å². The van der Waals surface area contributed by atoms with E-state index in [0.29, 0.717) is 12.2 Å². The second kappa shape index (κ2) is 8.98. The van der Waals surface area contributed by atoms with Crippen LogP contribution in [0.2, 0.25) is 0 Å². The first-order valence-electron chi connectivity index (χ1n) is 10.00. The molecule has 1 amide bonds. The lowest BCUT2D eigenvalue weighted by Gasteiger charge is -2.30. The van der Waals surface area contributed by atoms with Crippen molar-refractivity contribution in [2.24, 2.45) is 0 Å². The van der Waals surface area contributed by atoms with Crippen molar-refractivity contribution in [3.63, 3.8) is 0 Å². The van der Waals surface area contributed by atoms with Gasteiger partial charge in [-0.3, -0.25) is 14.8 Å². The normalized spacial score (nSPS) is 15.6. The Balaban J connectivity index is 1.56. The second-order valence-electron chi connectivity index (χ2n) is 7.22. The number of nitrogens with one attached hydrogen (secondary N) is 2. The van der Waals surface area contributed by atoms with Gasteiger partial charge in [0.05, 0.1) is 5.69 Å². The Hall–Kier alpha value is -3.03. The molecule has 7 heteroatoms. The largest absolute Gasteiger partial charge is 0.314 e. The highest BCUT2D eigenvalue weighted by atomic mass is 16.2. The maximum Gasteiger partial charge on any atom is 0.251 e. The number of hydrogen-bond donors (Lipinski definition) is 2. The molecule has 29 heavy (non-hydrogen) atoms. The third-order valence-corrected chi connectivity index (χ3v) is 5.25. The van der Waals surface area contributed by atoms with Crippen LogP contribution < -0.4 is 10.2 Å². The second-order valence-corrected chi connectivity index (χ2v) is 7.22. The highest BCUT2D eigenvalue weighted by molar-refractivity contribution is 6.06. The molecule has 2 N–H and O–H groups in total. The van der Waals surface area contributed by atoms with E-state index in [-0.39, 0.29) is 5.91 Å². The highest BCUT2D eigenvalue weighted by Crippen LogP contribution is 2.22. The highest BCUT2D eigenvalue weighted by Gasteiger charge is 2.18. The molecule has 4 rings (SSSR count). The van der Waals surface area contributed by atoms with Crippen molar-refractivity contribution in [1.82, 2.24) is 25.4 Å². The molecular weight excluding hydrogens is 364 g/mol. The first kappa shape index (κ1) is 19.3. The van der Waals surface area contributed by atoms with Crippen LogP contribution in [0.5, 0.6) is 0 Å². The predicted molar refractivity (Wildman–Crippen MR) is 116 cm³/mol. The van der Waals surface area contributed by atoms with Crippen molar-refractivity contribution in [2.75, 3.05) is 44.2 Å². The quantitative estimate of drug-likeness (QED) is 0.632. The fourth-order valence-corrected chi connectivity index (χ4v) is 3.64. The molecule has 1 aliphatic heterocycles. The number of fused-ring (bicyclic) bond motifs is 1. The number of aromatic nitrogens is 3. The number of nitrogens with zero attached hydrogens (tertiary/aromatic N) is 4. The molecule has 0 aliphatic carbocycles. The molecular formula is C22H26N6O. The molecule has 3 aromatic rings. The lowest BCUT2D eigenvalue weighted by Crippen LogP contribution is -2.47. The molecule has 150 valence electrons. The van der Waals surface area contributed by atoms with Gasteiger partial charge in [-0.2, -0.15) is 5.10 Å². The Labute approximate surface area is 170 Å². The Morgan fingerprint density at radius 2 is 1.97 bits per heavy atom. The number of hydrogen-bond acceptors (Lipinski definition) is 5. The SMILES string of the molecule is CC(=CC(=O)N(CCN1CCNCC1)c1ccccc1)c1[nH]nc2ncccc12. The number of benzene rings is 1. The van der Waals surface area contributed by atoms with E-state index in [1.807, 2.05) is 54.3 Å². The van der Waals surface area contributed by atoms with Crippen LogP contribution in [-0.4, -0.2) is 65.3 Å². The van der Waals surface area contributed by atoms with Crippen molar-refractivity contribution in [3.8, 4) is 0 Å². The van der Waals surface area contributed by atoms with E-state index < -0.39 is 0 Å². The van der Waals surface area contributed by atoms with E-state index in [0.717, 1.165) is 55.1 Å². The average Bonchev–Trinajstić information content (AvgIpc) is 3.20. The van der Waals surface area contributed by atoms with Gasteiger partial charge >= 0.3 is 0 Å². The topological polar surface area (TPSA) is 77.2 Å². The monoisotopic (exact) mass is 390 g/mol. The fourth-order valence-electron chi connectivity index (χ4n) is 3.64. The first-order valence-corrected chi connectivity index (χ1v) is 10.00. The van der Waals surface area contributed by atoms with Gasteiger partial charge in [-0.25, -0.2) is 4.98 Å². The number of para-hydroxylation sites is 1. The molecule has 0 spiro atoms. The van der Waals surface area contributed by atoms with Crippen molar-refractivity contribution in [3.05, 3.63) is 60.4 Å².